The summed E-state index contributed by atoms with van der Waals surface area (Å²) in [6.45, 7) is 14.0. The molecule has 1 N–H and O–H groups in total. The van der Waals surface area contributed by atoms with Crippen molar-refractivity contribution >= 4 is 53.4 Å². The standard InChI is InChI=1S/C43H53IN2O5Si/c1-28(2)11-10-12-29(3)21-22-45-38-20-15-33(44)24-37(38)43(42(45)49)30(4)41(52(6,7)36-18-16-35(50-5)17-19-36)39(51-43)25-40(48)46-26-32-14-9-8-13-31(32)23-34(46)27-47/h8-9,11,13-21,24,30,34,39,41,47H,10,12,22-23,25-27H2,1-7H3/b29-21+/t30-,34-,39+,41-,43+/m0/s1. The van der Waals surface area contributed by atoms with Crippen molar-refractivity contribution in [1.29, 1.82) is 0 Å². The number of fused-ring (bicyclic) bond motifs is 3. The predicted octanol–water partition coefficient (Wildman–Crippen LogP) is 7.89. The average Bonchev–Trinajstić information content (AvgIpc) is 3.55. The third-order valence-electron chi connectivity index (χ3n) is 11.8. The number of nitrogens with zero attached hydrogens (tertiary/aromatic N) is 2. The van der Waals surface area contributed by atoms with E-state index in [9.17, 15) is 9.90 Å². The highest BCUT2D eigenvalue weighted by Crippen LogP contribution is 2.60. The van der Waals surface area contributed by atoms with Crippen molar-refractivity contribution in [3.05, 3.63) is 110 Å². The van der Waals surface area contributed by atoms with Crippen LogP contribution in [-0.4, -0.2) is 62.3 Å². The van der Waals surface area contributed by atoms with Gasteiger partial charge >= 0.3 is 0 Å². The molecule has 0 unspecified atom stereocenters. The number of allylic oxidation sites excluding steroid dienone is 3. The molecule has 5 atom stereocenters. The maximum absolute atomic E-state index is 15.1. The number of amides is 2. The van der Waals surface area contributed by atoms with Gasteiger partial charge in [-0.2, -0.15) is 0 Å². The zero-order chi connectivity index (χ0) is 37.4. The number of halogens is 1. The van der Waals surface area contributed by atoms with Crippen LogP contribution in [0.3, 0.4) is 0 Å². The number of aliphatic hydroxyl groups is 1. The van der Waals surface area contributed by atoms with Crippen LogP contribution in [0, 0.1) is 9.49 Å². The maximum Gasteiger partial charge on any atom is 0.264 e. The number of carbonyl (C=O) groups is 2. The minimum absolute atomic E-state index is 0.0487. The summed E-state index contributed by atoms with van der Waals surface area (Å²) in [4.78, 5) is 33.4. The van der Waals surface area contributed by atoms with E-state index in [4.69, 9.17) is 9.47 Å². The molecule has 2 amide bonds. The van der Waals surface area contributed by atoms with Gasteiger partial charge in [-0.25, -0.2) is 0 Å². The number of methoxy groups -OCH3 is 1. The van der Waals surface area contributed by atoms with Crippen molar-refractivity contribution in [1.82, 2.24) is 4.90 Å². The second-order valence-electron chi connectivity index (χ2n) is 15.6. The van der Waals surface area contributed by atoms with Gasteiger partial charge in [-0.1, -0.05) is 84.9 Å². The van der Waals surface area contributed by atoms with Gasteiger partial charge in [0.05, 0.1) is 46.0 Å². The fourth-order valence-corrected chi connectivity index (χ4v) is 13.4. The van der Waals surface area contributed by atoms with Gasteiger partial charge in [0.25, 0.3) is 5.91 Å². The number of carbonyl (C=O) groups excluding carboxylic acids is 2. The third kappa shape index (κ3) is 7.18. The fourth-order valence-electron chi connectivity index (χ4n) is 8.94. The van der Waals surface area contributed by atoms with Crippen LogP contribution < -0.4 is 14.8 Å². The highest BCUT2D eigenvalue weighted by molar-refractivity contribution is 14.1. The molecule has 3 heterocycles. The summed E-state index contributed by atoms with van der Waals surface area (Å²) in [7, 11) is -0.768. The normalized spacial score (nSPS) is 24.2. The first-order chi connectivity index (χ1) is 24.8. The van der Waals surface area contributed by atoms with E-state index in [-0.39, 0.29) is 42.3 Å². The molecule has 7 nitrogen and oxygen atoms in total. The van der Waals surface area contributed by atoms with Gasteiger partial charge < -0.3 is 24.4 Å². The Morgan fingerprint density at radius 2 is 1.77 bits per heavy atom. The van der Waals surface area contributed by atoms with Gasteiger partial charge in [-0.05, 0) is 110 Å². The highest BCUT2D eigenvalue weighted by atomic mass is 127. The van der Waals surface area contributed by atoms with Gasteiger partial charge in [-0.15, -0.1) is 0 Å². The van der Waals surface area contributed by atoms with Crippen LogP contribution in [-0.2, 0) is 32.9 Å². The maximum atomic E-state index is 15.1. The molecule has 6 rings (SSSR count). The summed E-state index contributed by atoms with van der Waals surface area (Å²) in [6.07, 6.45) is 6.58. The molecule has 0 aromatic heterocycles. The molecular weight excluding hydrogens is 779 g/mol. The van der Waals surface area contributed by atoms with E-state index in [0.29, 0.717) is 19.5 Å². The first kappa shape index (κ1) is 38.5. The van der Waals surface area contributed by atoms with E-state index in [1.54, 1.807) is 7.11 Å². The van der Waals surface area contributed by atoms with E-state index >= 15 is 4.79 Å². The molecular formula is C43H53IN2O5Si. The molecule has 52 heavy (non-hydrogen) atoms. The summed E-state index contributed by atoms with van der Waals surface area (Å²) >= 11 is 2.32. The first-order valence-electron chi connectivity index (χ1n) is 18.5. The number of hydrogen-bond acceptors (Lipinski definition) is 5. The Bertz CT molecular complexity index is 1870. The number of anilines is 1. The molecule has 9 heteroatoms. The molecule has 3 aliphatic rings. The zero-order valence-corrected chi connectivity index (χ0v) is 34.8. The van der Waals surface area contributed by atoms with Crippen molar-refractivity contribution < 1.29 is 24.2 Å². The van der Waals surface area contributed by atoms with Crippen molar-refractivity contribution in [3.63, 3.8) is 0 Å². The van der Waals surface area contributed by atoms with Gasteiger partial charge in [0.15, 0.2) is 5.60 Å². The number of aliphatic hydroxyl groups excluding tert-OH is 1. The van der Waals surface area contributed by atoms with Crippen LogP contribution in [0.4, 0.5) is 5.69 Å². The van der Waals surface area contributed by atoms with Crippen LogP contribution >= 0.6 is 22.6 Å². The quantitative estimate of drug-likeness (QED) is 0.121. The van der Waals surface area contributed by atoms with Gasteiger partial charge in [0.1, 0.15) is 5.75 Å². The fraction of sp³-hybridized carbons (Fsp3) is 0.442. The Labute approximate surface area is 324 Å². The minimum Gasteiger partial charge on any atom is -0.497 e. The van der Waals surface area contributed by atoms with Crippen molar-refractivity contribution in [3.8, 4) is 5.75 Å². The van der Waals surface area contributed by atoms with Crippen molar-refractivity contribution in [2.75, 3.05) is 25.2 Å². The van der Waals surface area contributed by atoms with Crippen LogP contribution in [0.15, 0.2) is 90.0 Å². The SMILES string of the molecule is COc1ccc([Si](C)(C)[C@@H]2[C@@H](CC(=O)N3Cc4ccccc4C[C@H]3CO)O[C@]3(C(=O)N(C/C=C(\C)CCC=C(C)C)c4ccc(I)cc43)[C@H]2C)cc1. The summed E-state index contributed by atoms with van der Waals surface area (Å²) in [5.74, 6) is 0.488. The highest BCUT2D eigenvalue weighted by Gasteiger charge is 2.66. The Hall–Kier alpha value is -3.25. The predicted molar refractivity (Wildman–Crippen MR) is 220 cm³/mol. The second kappa shape index (κ2) is 15.6. The monoisotopic (exact) mass is 832 g/mol. The van der Waals surface area contributed by atoms with Crippen molar-refractivity contribution in [2.24, 2.45) is 5.92 Å². The third-order valence-corrected chi connectivity index (χ3v) is 16.8. The molecule has 3 aromatic rings. The second-order valence-corrected chi connectivity index (χ2v) is 21.6. The molecule has 3 aliphatic heterocycles. The number of ether oxygens (including phenoxy) is 2. The van der Waals surface area contributed by atoms with Crippen LogP contribution in [0.5, 0.6) is 5.75 Å². The van der Waals surface area contributed by atoms with Crippen LogP contribution in [0.25, 0.3) is 0 Å². The lowest BCUT2D eigenvalue weighted by Crippen LogP contribution is -2.52. The molecule has 1 saturated heterocycles. The lowest BCUT2D eigenvalue weighted by atomic mass is 9.82. The molecule has 0 bridgehead atoms. The zero-order valence-electron chi connectivity index (χ0n) is 31.6. The Morgan fingerprint density at radius 3 is 2.44 bits per heavy atom. The van der Waals surface area contributed by atoms with Gasteiger partial charge in [0, 0.05) is 28.1 Å². The Kier molecular flexibility index (Phi) is 11.6. The van der Waals surface area contributed by atoms with Crippen molar-refractivity contribution in [2.45, 2.75) is 96.3 Å². The molecule has 0 saturated carbocycles. The van der Waals surface area contributed by atoms with E-state index < -0.39 is 19.8 Å². The van der Waals surface area contributed by atoms with E-state index in [1.807, 2.05) is 34.1 Å². The molecule has 1 fully saturated rings. The Balaban J connectivity index is 1.39. The molecule has 0 radical (unpaired) electrons. The minimum atomic E-state index is -2.44. The number of benzene rings is 3. The van der Waals surface area contributed by atoms with E-state index in [0.717, 1.165) is 39.0 Å². The van der Waals surface area contributed by atoms with E-state index in [2.05, 4.69) is 118 Å². The lowest BCUT2D eigenvalue weighted by Gasteiger charge is -2.39. The molecule has 3 aromatic carbocycles. The summed E-state index contributed by atoms with van der Waals surface area (Å²) in [5.41, 5.74) is 5.32. The molecule has 1 spiro atoms. The van der Waals surface area contributed by atoms with E-state index in [1.165, 1.54) is 21.9 Å². The average molecular weight is 833 g/mol. The van der Waals surface area contributed by atoms with Crippen LogP contribution in [0.1, 0.15) is 63.6 Å². The lowest BCUT2D eigenvalue weighted by molar-refractivity contribution is -0.150. The summed E-state index contributed by atoms with van der Waals surface area (Å²) in [5, 5.41) is 11.7. The number of rotatable bonds is 11. The largest absolute Gasteiger partial charge is 0.497 e. The number of hydrogen-bond donors (Lipinski definition) is 1. The Morgan fingerprint density at radius 1 is 1.06 bits per heavy atom. The summed E-state index contributed by atoms with van der Waals surface area (Å²) in [6, 6.07) is 22.4. The van der Waals surface area contributed by atoms with Gasteiger partial charge in [0.2, 0.25) is 5.91 Å². The molecule has 0 aliphatic carbocycles. The first-order valence-corrected chi connectivity index (χ1v) is 22.7. The smallest absolute Gasteiger partial charge is 0.264 e. The van der Waals surface area contributed by atoms with Crippen LogP contribution in [0.2, 0.25) is 18.6 Å². The van der Waals surface area contributed by atoms with Gasteiger partial charge in [-0.3, -0.25) is 9.59 Å². The topological polar surface area (TPSA) is 79.3 Å². The molecule has 276 valence electrons. The summed E-state index contributed by atoms with van der Waals surface area (Å²) < 4.78 is 13.8.